The molecule has 1 heterocycles. The van der Waals surface area contributed by atoms with Crippen molar-refractivity contribution in [3.05, 3.63) is 52.6 Å². The maximum absolute atomic E-state index is 12.9. The lowest BCUT2D eigenvalue weighted by Gasteiger charge is -2.14. The summed E-state index contributed by atoms with van der Waals surface area (Å²) in [5.41, 5.74) is 0. The predicted octanol–water partition coefficient (Wildman–Crippen LogP) is 3.70. The van der Waals surface area contributed by atoms with Crippen molar-refractivity contribution in [2.75, 3.05) is 6.61 Å². The molecule has 2 rings (SSSR count). The number of ether oxygens (including phenoxy) is 1. The van der Waals surface area contributed by atoms with Crippen molar-refractivity contribution in [1.29, 1.82) is 0 Å². The van der Waals surface area contributed by atoms with Crippen LogP contribution in [0.15, 0.2) is 45.5 Å². The van der Waals surface area contributed by atoms with Crippen LogP contribution in [-0.4, -0.2) is 18.6 Å². The second-order valence-corrected chi connectivity index (χ2v) is 5.80. The minimum Gasteiger partial charge on any atom is -0.483 e. The van der Waals surface area contributed by atoms with Gasteiger partial charge in [-0.05, 0) is 59.6 Å². The van der Waals surface area contributed by atoms with Gasteiger partial charge in [0, 0.05) is 12.5 Å². The number of furan rings is 1. The third kappa shape index (κ3) is 5.18. The average molecular weight is 370 g/mol. The van der Waals surface area contributed by atoms with Crippen LogP contribution in [0.5, 0.6) is 5.75 Å². The Morgan fingerprint density at radius 2 is 2.27 bits per heavy atom. The summed E-state index contributed by atoms with van der Waals surface area (Å²) in [6.07, 6.45) is 3.17. The molecule has 2 aromatic rings. The number of hydrogen-bond donors (Lipinski definition) is 1. The number of amides is 1. The highest BCUT2D eigenvalue weighted by atomic mass is 79.9. The molecule has 0 aliphatic heterocycles. The first-order valence-corrected chi connectivity index (χ1v) is 7.73. The molecule has 0 spiro atoms. The largest absolute Gasteiger partial charge is 0.483 e. The second-order valence-electron chi connectivity index (χ2n) is 4.95. The highest BCUT2D eigenvalue weighted by molar-refractivity contribution is 9.10. The first kappa shape index (κ1) is 16.5. The summed E-state index contributed by atoms with van der Waals surface area (Å²) in [5, 5.41) is 2.85. The fraction of sp³-hybridized carbons (Fsp3) is 0.312. The molecule has 0 fully saturated rings. The summed E-state index contributed by atoms with van der Waals surface area (Å²) in [5.74, 6) is 0.741. The Morgan fingerprint density at radius 3 is 2.95 bits per heavy atom. The van der Waals surface area contributed by atoms with Gasteiger partial charge in [-0.15, -0.1) is 0 Å². The van der Waals surface area contributed by atoms with Crippen molar-refractivity contribution in [3.63, 3.8) is 0 Å². The maximum Gasteiger partial charge on any atom is 0.258 e. The summed E-state index contributed by atoms with van der Waals surface area (Å²) < 4.78 is 24.0. The van der Waals surface area contributed by atoms with E-state index < -0.39 is 0 Å². The van der Waals surface area contributed by atoms with Crippen LogP contribution in [-0.2, 0) is 11.2 Å². The van der Waals surface area contributed by atoms with E-state index in [-0.39, 0.29) is 24.4 Å². The van der Waals surface area contributed by atoms with Crippen LogP contribution in [0, 0.1) is 5.82 Å². The van der Waals surface area contributed by atoms with Gasteiger partial charge in [-0.25, -0.2) is 4.39 Å². The summed E-state index contributed by atoms with van der Waals surface area (Å²) >= 11 is 3.19. The van der Waals surface area contributed by atoms with Crippen LogP contribution >= 0.6 is 15.9 Å². The third-order valence-corrected chi connectivity index (χ3v) is 3.68. The van der Waals surface area contributed by atoms with Gasteiger partial charge in [-0.2, -0.15) is 0 Å². The van der Waals surface area contributed by atoms with Crippen LogP contribution in [0.2, 0.25) is 0 Å². The first-order chi connectivity index (χ1) is 10.5. The molecular weight excluding hydrogens is 353 g/mol. The molecule has 0 saturated heterocycles. The number of hydrogen-bond acceptors (Lipinski definition) is 3. The van der Waals surface area contributed by atoms with E-state index in [0.29, 0.717) is 10.2 Å². The molecule has 0 bridgehead atoms. The molecule has 1 aromatic carbocycles. The Hall–Kier alpha value is -1.82. The van der Waals surface area contributed by atoms with Gasteiger partial charge in [0.05, 0.1) is 10.7 Å². The van der Waals surface area contributed by atoms with Crippen LogP contribution in [0.4, 0.5) is 4.39 Å². The molecule has 1 atom stereocenters. The Bertz CT molecular complexity index is 616. The standard InChI is InChI=1S/C16H17BrFNO3/c1-11(4-6-13-3-2-8-21-13)19-16(20)10-22-15-7-5-12(18)9-14(15)17/h2-3,5,7-9,11H,4,6,10H2,1H3,(H,19,20). The lowest BCUT2D eigenvalue weighted by Crippen LogP contribution is -2.36. The van der Waals surface area contributed by atoms with Gasteiger partial charge in [0.25, 0.3) is 5.91 Å². The Morgan fingerprint density at radius 1 is 1.45 bits per heavy atom. The lowest BCUT2D eigenvalue weighted by molar-refractivity contribution is -0.123. The van der Waals surface area contributed by atoms with Gasteiger partial charge >= 0.3 is 0 Å². The second kappa shape index (κ2) is 7.98. The fourth-order valence-electron chi connectivity index (χ4n) is 1.94. The van der Waals surface area contributed by atoms with E-state index in [4.69, 9.17) is 9.15 Å². The molecular formula is C16H17BrFNO3. The maximum atomic E-state index is 12.9. The molecule has 1 unspecified atom stereocenters. The molecule has 0 aliphatic carbocycles. The van der Waals surface area contributed by atoms with Crippen molar-refractivity contribution in [2.24, 2.45) is 0 Å². The van der Waals surface area contributed by atoms with Gasteiger partial charge in [0.2, 0.25) is 0 Å². The highest BCUT2D eigenvalue weighted by Crippen LogP contribution is 2.25. The number of halogens is 2. The number of benzene rings is 1. The number of nitrogens with one attached hydrogen (secondary N) is 1. The summed E-state index contributed by atoms with van der Waals surface area (Å²) in [7, 11) is 0. The van der Waals surface area contributed by atoms with Crippen molar-refractivity contribution in [2.45, 2.75) is 25.8 Å². The van der Waals surface area contributed by atoms with Crippen molar-refractivity contribution in [3.8, 4) is 5.75 Å². The molecule has 118 valence electrons. The average Bonchev–Trinajstić information content (AvgIpc) is 2.97. The molecule has 22 heavy (non-hydrogen) atoms. The van der Waals surface area contributed by atoms with Crippen LogP contribution in [0.3, 0.4) is 0 Å². The molecule has 0 aliphatic rings. The minimum atomic E-state index is -0.366. The highest BCUT2D eigenvalue weighted by Gasteiger charge is 2.10. The zero-order valence-corrected chi connectivity index (χ0v) is 13.7. The van der Waals surface area contributed by atoms with Gasteiger partial charge in [0.15, 0.2) is 6.61 Å². The van der Waals surface area contributed by atoms with Crippen molar-refractivity contribution >= 4 is 21.8 Å². The van der Waals surface area contributed by atoms with Crippen LogP contribution < -0.4 is 10.1 Å². The molecule has 1 N–H and O–H groups in total. The first-order valence-electron chi connectivity index (χ1n) is 6.94. The molecule has 1 aromatic heterocycles. The molecule has 1 amide bonds. The number of carbonyl (C=O) groups excluding carboxylic acids is 1. The zero-order chi connectivity index (χ0) is 15.9. The fourth-order valence-corrected chi connectivity index (χ4v) is 2.40. The van der Waals surface area contributed by atoms with E-state index >= 15 is 0 Å². The van der Waals surface area contributed by atoms with Crippen LogP contribution in [0.25, 0.3) is 0 Å². The van der Waals surface area contributed by atoms with E-state index in [2.05, 4.69) is 21.2 Å². The normalized spacial score (nSPS) is 12.0. The number of rotatable bonds is 7. The minimum absolute atomic E-state index is 0.0119. The smallest absolute Gasteiger partial charge is 0.258 e. The number of carbonyl (C=O) groups is 1. The SMILES string of the molecule is CC(CCc1ccco1)NC(=O)COc1ccc(F)cc1Br. The van der Waals surface area contributed by atoms with E-state index in [0.717, 1.165) is 18.6 Å². The van der Waals surface area contributed by atoms with E-state index in [1.165, 1.54) is 18.2 Å². The molecule has 6 heteroatoms. The van der Waals surface area contributed by atoms with E-state index in [1.54, 1.807) is 6.26 Å². The molecule has 0 radical (unpaired) electrons. The summed E-state index contributed by atoms with van der Waals surface area (Å²) in [6.45, 7) is 1.81. The van der Waals surface area contributed by atoms with E-state index in [9.17, 15) is 9.18 Å². The molecule has 4 nitrogen and oxygen atoms in total. The van der Waals surface area contributed by atoms with Gasteiger partial charge in [0.1, 0.15) is 17.3 Å². The third-order valence-electron chi connectivity index (χ3n) is 3.06. The lowest BCUT2D eigenvalue weighted by atomic mass is 10.1. The van der Waals surface area contributed by atoms with Gasteiger partial charge < -0.3 is 14.5 Å². The topological polar surface area (TPSA) is 51.5 Å². The molecule has 0 saturated carbocycles. The predicted molar refractivity (Wildman–Crippen MR) is 84.2 cm³/mol. The van der Waals surface area contributed by atoms with Crippen molar-refractivity contribution < 1.29 is 18.3 Å². The van der Waals surface area contributed by atoms with Crippen LogP contribution in [0.1, 0.15) is 19.1 Å². The zero-order valence-electron chi connectivity index (χ0n) is 12.1. The van der Waals surface area contributed by atoms with E-state index in [1.807, 2.05) is 19.1 Å². The number of aryl methyl sites for hydroxylation is 1. The monoisotopic (exact) mass is 369 g/mol. The Labute approximate surface area is 136 Å². The Balaban J connectivity index is 1.72. The van der Waals surface area contributed by atoms with Gasteiger partial charge in [-0.1, -0.05) is 0 Å². The summed E-state index contributed by atoms with van der Waals surface area (Å²) in [6, 6.07) is 7.81. The van der Waals surface area contributed by atoms with Gasteiger partial charge in [-0.3, -0.25) is 4.79 Å². The van der Waals surface area contributed by atoms with Crippen molar-refractivity contribution in [1.82, 2.24) is 5.32 Å². The quantitative estimate of drug-likeness (QED) is 0.809. The summed E-state index contributed by atoms with van der Waals surface area (Å²) in [4.78, 5) is 11.8. The Kier molecular flexibility index (Phi) is 6.00.